The van der Waals surface area contributed by atoms with Crippen LogP contribution in [-0.4, -0.2) is 24.0 Å². The molecule has 1 unspecified atom stereocenters. The van der Waals surface area contributed by atoms with Crippen molar-refractivity contribution in [1.82, 2.24) is 4.90 Å². The van der Waals surface area contributed by atoms with Crippen LogP contribution in [0, 0.1) is 12.3 Å². The maximum Gasteiger partial charge on any atom is 0.0102 e. The van der Waals surface area contributed by atoms with E-state index in [4.69, 9.17) is 0 Å². The van der Waals surface area contributed by atoms with Crippen LogP contribution < -0.4 is 0 Å². The largest absolute Gasteiger partial charge is 0.300 e. The fourth-order valence-electron chi connectivity index (χ4n) is 4.75. The molecule has 20 heavy (non-hydrogen) atoms. The van der Waals surface area contributed by atoms with Crippen molar-refractivity contribution in [2.45, 2.75) is 64.3 Å². The summed E-state index contributed by atoms with van der Waals surface area (Å²) in [6, 6.07) is 7.94. The van der Waals surface area contributed by atoms with Gasteiger partial charge in [-0.3, -0.25) is 4.90 Å². The number of rotatable bonds is 1. The Kier molecular flexibility index (Phi) is 3.14. The third-order valence-corrected chi connectivity index (χ3v) is 6.25. The van der Waals surface area contributed by atoms with Crippen molar-refractivity contribution in [3.8, 4) is 0 Å². The Bertz CT molecular complexity index is 500. The fraction of sp³-hybridized carbons (Fsp3) is 0.684. The molecule has 1 spiro atoms. The van der Waals surface area contributed by atoms with E-state index in [-0.39, 0.29) is 0 Å². The number of nitrogens with zero attached hydrogens (tertiary/aromatic N) is 1. The quantitative estimate of drug-likeness (QED) is 0.693. The first-order valence-corrected chi connectivity index (χ1v) is 8.57. The van der Waals surface area contributed by atoms with Gasteiger partial charge in [-0.1, -0.05) is 30.2 Å². The summed E-state index contributed by atoms with van der Waals surface area (Å²) in [5.41, 5.74) is 5.44. The van der Waals surface area contributed by atoms with Crippen LogP contribution in [0.1, 0.15) is 55.2 Å². The normalized spacial score (nSPS) is 28.9. The smallest absolute Gasteiger partial charge is 0.0102 e. The SMILES string of the molecule is Cc1ccc2c(c1)CCC(N1CCC3(CCC3)C1)CC2. The number of fused-ring (bicyclic) bond motifs is 1. The van der Waals surface area contributed by atoms with Crippen LogP contribution in [-0.2, 0) is 12.8 Å². The number of benzene rings is 1. The summed E-state index contributed by atoms with van der Waals surface area (Å²) >= 11 is 0. The molecule has 0 bridgehead atoms. The Balaban J connectivity index is 1.45. The Morgan fingerprint density at radius 1 is 1.05 bits per heavy atom. The van der Waals surface area contributed by atoms with Crippen molar-refractivity contribution < 1.29 is 0 Å². The molecular formula is C19H27N. The van der Waals surface area contributed by atoms with Crippen LogP contribution in [0.2, 0.25) is 0 Å². The van der Waals surface area contributed by atoms with E-state index in [1.807, 2.05) is 0 Å². The molecule has 0 aromatic heterocycles. The molecule has 2 aliphatic carbocycles. The molecule has 4 rings (SSSR count). The summed E-state index contributed by atoms with van der Waals surface area (Å²) in [6.07, 6.45) is 11.3. The van der Waals surface area contributed by atoms with Gasteiger partial charge in [0.15, 0.2) is 0 Å². The first-order chi connectivity index (χ1) is 9.74. The van der Waals surface area contributed by atoms with Gasteiger partial charge in [-0.15, -0.1) is 0 Å². The molecule has 1 atom stereocenters. The third-order valence-electron chi connectivity index (χ3n) is 6.25. The lowest BCUT2D eigenvalue weighted by molar-refractivity contribution is 0.119. The van der Waals surface area contributed by atoms with E-state index in [2.05, 4.69) is 30.0 Å². The maximum absolute atomic E-state index is 2.85. The molecule has 1 aromatic rings. The Labute approximate surface area is 123 Å². The summed E-state index contributed by atoms with van der Waals surface area (Å²) in [5.74, 6) is 0. The maximum atomic E-state index is 2.85. The van der Waals surface area contributed by atoms with Crippen LogP contribution in [0.4, 0.5) is 0 Å². The molecule has 1 aliphatic heterocycles. The minimum atomic E-state index is 0.760. The van der Waals surface area contributed by atoms with Gasteiger partial charge in [-0.2, -0.15) is 0 Å². The van der Waals surface area contributed by atoms with E-state index < -0.39 is 0 Å². The van der Waals surface area contributed by atoms with E-state index in [9.17, 15) is 0 Å². The van der Waals surface area contributed by atoms with E-state index in [0.717, 1.165) is 11.5 Å². The van der Waals surface area contributed by atoms with Crippen LogP contribution in [0.3, 0.4) is 0 Å². The van der Waals surface area contributed by atoms with E-state index in [0.29, 0.717) is 0 Å². The summed E-state index contributed by atoms with van der Waals surface area (Å²) in [5, 5.41) is 0. The van der Waals surface area contributed by atoms with Gasteiger partial charge in [0.25, 0.3) is 0 Å². The Hall–Kier alpha value is -0.820. The second-order valence-electron chi connectivity index (χ2n) is 7.58. The average Bonchev–Trinajstić information content (AvgIpc) is 2.76. The van der Waals surface area contributed by atoms with Gasteiger partial charge >= 0.3 is 0 Å². The average molecular weight is 269 g/mol. The van der Waals surface area contributed by atoms with Gasteiger partial charge in [-0.05, 0) is 75.0 Å². The van der Waals surface area contributed by atoms with Gasteiger partial charge in [0.05, 0.1) is 0 Å². The highest BCUT2D eigenvalue weighted by Gasteiger charge is 2.44. The van der Waals surface area contributed by atoms with Crippen LogP contribution in [0.15, 0.2) is 18.2 Å². The minimum absolute atomic E-state index is 0.760. The topological polar surface area (TPSA) is 3.24 Å². The number of aryl methyl sites for hydroxylation is 3. The highest BCUT2D eigenvalue weighted by Crippen LogP contribution is 2.48. The summed E-state index contributed by atoms with van der Waals surface area (Å²) < 4.78 is 0. The highest BCUT2D eigenvalue weighted by molar-refractivity contribution is 5.32. The van der Waals surface area contributed by atoms with Crippen LogP contribution in [0.25, 0.3) is 0 Å². The second kappa shape index (κ2) is 4.87. The first-order valence-electron chi connectivity index (χ1n) is 8.57. The van der Waals surface area contributed by atoms with Crippen molar-refractivity contribution in [3.63, 3.8) is 0 Å². The number of hydrogen-bond acceptors (Lipinski definition) is 1. The van der Waals surface area contributed by atoms with Gasteiger partial charge in [0.1, 0.15) is 0 Å². The zero-order chi connectivity index (χ0) is 13.6. The number of likely N-dealkylation sites (tertiary alicyclic amines) is 1. The second-order valence-corrected chi connectivity index (χ2v) is 7.58. The lowest BCUT2D eigenvalue weighted by Crippen LogP contribution is -2.38. The molecule has 0 N–H and O–H groups in total. The summed E-state index contributed by atoms with van der Waals surface area (Å²) in [7, 11) is 0. The lowest BCUT2D eigenvalue weighted by Gasteiger charge is -2.39. The first kappa shape index (κ1) is 12.9. The molecule has 1 aromatic carbocycles. The standard InChI is InChI=1S/C19H27N/c1-15-3-4-16-5-7-18(8-6-17(16)13-15)20-12-11-19(14-20)9-2-10-19/h3-4,13,18H,2,5-12,14H2,1H3. The molecule has 1 saturated heterocycles. The summed E-state index contributed by atoms with van der Waals surface area (Å²) in [4.78, 5) is 2.85. The van der Waals surface area contributed by atoms with Crippen LogP contribution >= 0.6 is 0 Å². The van der Waals surface area contributed by atoms with E-state index in [1.54, 1.807) is 11.1 Å². The molecule has 1 nitrogen and oxygen atoms in total. The highest BCUT2D eigenvalue weighted by atomic mass is 15.2. The number of hydrogen-bond donors (Lipinski definition) is 0. The van der Waals surface area contributed by atoms with Crippen molar-refractivity contribution >= 4 is 0 Å². The molecule has 3 aliphatic rings. The van der Waals surface area contributed by atoms with Crippen molar-refractivity contribution in [3.05, 3.63) is 34.9 Å². The monoisotopic (exact) mass is 269 g/mol. The van der Waals surface area contributed by atoms with Gasteiger partial charge < -0.3 is 0 Å². The van der Waals surface area contributed by atoms with E-state index in [1.165, 1.54) is 70.0 Å². The molecule has 1 heteroatoms. The molecular weight excluding hydrogens is 242 g/mol. The van der Waals surface area contributed by atoms with Crippen LogP contribution in [0.5, 0.6) is 0 Å². The minimum Gasteiger partial charge on any atom is -0.300 e. The molecule has 1 saturated carbocycles. The molecule has 0 radical (unpaired) electrons. The van der Waals surface area contributed by atoms with Crippen molar-refractivity contribution in [2.75, 3.05) is 13.1 Å². The Morgan fingerprint density at radius 3 is 2.55 bits per heavy atom. The van der Waals surface area contributed by atoms with E-state index >= 15 is 0 Å². The predicted octanol–water partition coefficient (Wildman–Crippen LogP) is 4.12. The third kappa shape index (κ3) is 2.20. The molecule has 1 heterocycles. The molecule has 2 fully saturated rings. The Morgan fingerprint density at radius 2 is 1.85 bits per heavy atom. The summed E-state index contributed by atoms with van der Waals surface area (Å²) in [6.45, 7) is 5.01. The van der Waals surface area contributed by atoms with Crippen molar-refractivity contribution in [1.29, 1.82) is 0 Å². The zero-order valence-electron chi connectivity index (χ0n) is 12.8. The molecule has 0 amide bonds. The lowest BCUT2D eigenvalue weighted by atomic mass is 9.68. The predicted molar refractivity (Wildman–Crippen MR) is 84.1 cm³/mol. The molecule has 108 valence electrons. The van der Waals surface area contributed by atoms with Gasteiger partial charge in [0, 0.05) is 12.6 Å². The van der Waals surface area contributed by atoms with Crippen molar-refractivity contribution in [2.24, 2.45) is 5.41 Å². The fourth-order valence-corrected chi connectivity index (χ4v) is 4.75. The van der Waals surface area contributed by atoms with Gasteiger partial charge in [0.2, 0.25) is 0 Å². The zero-order valence-corrected chi connectivity index (χ0v) is 12.8. The van der Waals surface area contributed by atoms with Gasteiger partial charge in [-0.25, -0.2) is 0 Å².